The maximum atomic E-state index is 11.8. The summed E-state index contributed by atoms with van der Waals surface area (Å²) in [7, 11) is 0. The van der Waals surface area contributed by atoms with Gasteiger partial charge in [-0.1, -0.05) is 13.8 Å². The summed E-state index contributed by atoms with van der Waals surface area (Å²) in [5.41, 5.74) is 6.19. The average molecular weight is 221 g/mol. The van der Waals surface area contributed by atoms with Crippen LogP contribution in [0.2, 0.25) is 0 Å². The second kappa shape index (κ2) is 6.23. The molecule has 4 heteroatoms. The molecule has 0 bridgehead atoms. The zero-order valence-corrected chi connectivity index (χ0v) is 9.81. The average Bonchev–Trinajstić information content (AvgIpc) is 2.28. The molecule has 1 aromatic rings. The van der Waals surface area contributed by atoms with Crippen LogP contribution in [0.1, 0.15) is 30.6 Å². The fourth-order valence-electron chi connectivity index (χ4n) is 1.55. The van der Waals surface area contributed by atoms with Gasteiger partial charge in [0.1, 0.15) is 0 Å². The molecular formula is C12H19N3O. The Kier molecular flexibility index (Phi) is 4.92. The van der Waals surface area contributed by atoms with E-state index in [1.807, 2.05) is 0 Å². The summed E-state index contributed by atoms with van der Waals surface area (Å²) < 4.78 is 0. The van der Waals surface area contributed by atoms with Crippen molar-refractivity contribution in [1.29, 1.82) is 0 Å². The molecule has 4 nitrogen and oxygen atoms in total. The number of nitrogens with one attached hydrogen (secondary N) is 1. The normalized spacial score (nSPS) is 12.5. The Labute approximate surface area is 96.3 Å². The number of pyridine rings is 1. The minimum absolute atomic E-state index is 0.0349. The van der Waals surface area contributed by atoms with E-state index in [0.29, 0.717) is 18.0 Å². The van der Waals surface area contributed by atoms with Crippen LogP contribution in [0.15, 0.2) is 24.5 Å². The number of nitrogens with two attached hydrogens (primary N) is 1. The second-order valence-corrected chi connectivity index (χ2v) is 4.28. The molecule has 0 saturated carbocycles. The lowest BCUT2D eigenvalue weighted by molar-refractivity contribution is 0.0933. The second-order valence-electron chi connectivity index (χ2n) is 4.28. The van der Waals surface area contributed by atoms with Gasteiger partial charge in [-0.15, -0.1) is 0 Å². The summed E-state index contributed by atoms with van der Waals surface area (Å²) in [6.45, 7) is 4.68. The van der Waals surface area contributed by atoms with E-state index in [1.165, 1.54) is 0 Å². The van der Waals surface area contributed by atoms with E-state index in [2.05, 4.69) is 24.1 Å². The Morgan fingerprint density at radius 1 is 1.56 bits per heavy atom. The van der Waals surface area contributed by atoms with Crippen LogP contribution in [0.25, 0.3) is 0 Å². The summed E-state index contributed by atoms with van der Waals surface area (Å²) >= 11 is 0. The summed E-state index contributed by atoms with van der Waals surface area (Å²) in [5.74, 6) is 0.409. The largest absolute Gasteiger partial charge is 0.348 e. The molecule has 1 atom stereocenters. The maximum absolute atomic E-state index is 11.8. The first kappa shape index (κ1) is 12.6. The molecule has 0 aromatic carbocycles. The number of rotatable bonds is 5. The van der Waals surface area contributed by atoms with Gasteiger partial charge >= 0.3 is 0 Å². The quantitative estimate of drug-likeness (QED) is 0.784. The van der Waals surface area contributed by atoms with Gasteiger partial charge in [-0.05, 0) is 24.5 Å². The summed E-state index contributed by atoms with van der Waals surface area (Å²) in [4.78, 5) is 15.7. The van der Waals surface area contributed by atoms with Crippen LogP contribution < -0.4 is 11.1 Å². The van der Waals surface area contributed by atoms with Gasteiger partial charge in [-0.2, -0.15) is 0 Å². The van der Waals surface area contributed by atoms with Gasteiger partial charge in [0.05, 0.1) is 5.56 Å². The van der Waals surface area contributed by atoms with Crippen LogP contribution in [-0.4, -0.2) is 23.5 Å². The smallest absolute Gasteiger partial charge is 0.253 e. The molecule has 0 spiro atoms. The molecule has 0 saturated heterocycles. The molecule has 1 heterocycles. The predicted octanol–water partition coefficient (Wildman–Crippen LogP) is 1.18. The third kappa shape index (κ3) is 3.98. The van der Waals surface area contributed by atoms with E-state index in [4.69, 9.17) is 5.73 Å². The van der Waals surface area contributed by atoms with E-state index < -0.39 is 0 Å². The third-order valence-corrected chi connectivity index (χ3v) is 2.30. The molecule has 3 N–H and O–H groups in total. The van der Waals surface area contributed by atoms with E-state index in [-0.39, 0.29) is 11.9 Å². The standard InChI is InChI=1S/C12H19N3O/c1-9(2)6-11(7-13)15-12(16)10-4-3-5-14-8-10/h3-5,8-9,11H,6-7,13H2,1-2H3,(H,15,16). The van der Waals surface area contributed by atoms with Crippen LogP contribution in [-0.2, 0) is 0 Å². The Morgan fingerprint density at radius 2 is 2.31 bits per heavy atom. The molecule has 1 amide bonds. The van der Waals surface area contributed by atoms with E-state index in [0.717, 1.165) is 6.42 Å². The molecule has 0 aliphatic carbocycles. The Hall–Kier alpha value is -1.42. The van der Waals surface area contributed by atoms with Crippen molar-refractivity contribution < 1.29 is 4.79 Å². The molecule has 88 valence electrons. The predicted molar refractivity (Wildman–Crippen MR) is 64.0 cm³/mol. The third-order valence-electron chi connectivity index (χ3n) is 2.30. The van der Waals surface area contributed by atoms with Crippen LogP contribution >= 0.6 is 0 Å². The van der Waals surface area contributed by atoms with Gasteiger partial charge in [-0.25, -0.2) is 0 Å². The van der Waals surface area contributed by atoms with Crippen molar-refractivity contribution in [3.63, 3.8) is 0 Å². The monoisotopic (exact) mass is 221 g/mol. The van der Waals surface area contributed by atoms with Crippen molar-refractivity contribution in [3.05, 3.63) is 30.1 Å². The minimum Gasteiger partial charge on any atom is -0.348 e. The van der Waals surface area contributed by atoms with Gasteiger partial charge in [0.15, 0.2) is 0 Å². The van der Waals surface area contributed by atoms with Gasteiger partial charge in [-0.3, -0.25) is 9.78 Å². The van der Waals surface area contributed by atoms with Crippen molar-refractivity contribution in [1.82, 2.24) is 10.3 Å². The molecule has 0 fully saturated rings. The highest BCUT2D eigenvalue weighted by atomic mass is 16.1. The number of hydrogen-bond acceptors (Lipinski definition) is 3. The highest BCUT2D eigenvalue weighted by Gasteiger charge is 2.13. The van der Waals surface area contributed by atoms with E-state index in [9.17, 15) is 4.79 Å². The first-order chi connectivity index (χ1) is 7.63. The molecule has 16 heavy (non-hydrogen) atoms. The van der Waals surface area contributed by atoms with E-state index in [1.54, 1.807) is 24.5 Å². The molecule has 1 aromatic heterocycles. The summed E-state index contributed by atoms with van der Waals surface area (Å²) in [6, 6.07) is 3.52. The van der Waals surface area contributed by atoms with Crippen LogP contribution in [0.3, 0.4) is 0 Å². The maximum Gasteiger partial charge on any atom is 0.253 e. The SMILES string of the molecule is CC(C)CC(CN)NC(=O)c1cccnc1. The first-order valence-electron chi connectivity index (χ1n) is 5.54. The lowest BCUT2D eigenvalue weighted by Crippen LogP contribution is -2.41. The van der Waals surface area contributed by atoms with E-state index >= 15 is 0 Å². The summed E-state index contributed by atoms with van der Waals surface area (Å²) in [5, 5.41) is 2.91. The van der Waals surface area contributed by atoms with Crippen LogP contribution in [0.4, 0.5) is 0 Å². The Morgan fingerprint density at radius 3 is 2.81 bits per heavy atom. The Bertz CT molecular complexity index is 324. The zero-order chi connectivity index (χ0) is 12.0. The fourth-order valence-corrected chi connectivity index (χ4v) is 1.55. The number of carbonyl (C=O) groups excluding carboxylic acids is 1. The van der Waals surface area contributed by atoms with Crippen molar-refractivity contribution in [2.75, 3.05) is 6.54 Å². The lowest BCUT2D eigenvalue weighted by Gasteiger charge is -2.18. The van der Waals surface area contributed by atoms with Gasteiger partial charge in [0.2, 0.25) is 0 Å². The van der Waals surface area contributed by atoms with Crippen LogP contribution in [0.5, 0.6) is 0 Å². The van der Waals surface area contributed by atoms with Crippen LogP contribution in [0, 0.1) is 5.92 Å². The zero-order valence-electron chi connectivity index (χ0n) is 9.81. The van der Waals surface area contributed by atoms with Crippen molar-refractivity contribution >= 4 is 5.91 Å². The highest BCUT2D eigenvalue weighted by molar-refractivity contribution is 5.94. The van der Waals surface area contributed by atoms with Crippen molar-refractivity contribution in [2.24, 2.45) is 11.7 Å². The van der Waals surface area contributed by atoms with Gasteiger partial charge < -0.3 is 11.1 Å². The molecular weight excluding hydrogens is 202 g/mol. The molecule has 0 aliphatic heterocycles. The first-order valence-corrected chi connectivity index (χ1v) is 5.54. The Balaban J connectivity index is 2.56. The number of hydrogen-bond donors (Lipinski definition) is 2. The molecule has 1 unspecified atom stereocenters. The number of carbonyl (C=O) groups is 1. The molecule has 0 aliphatic rings. The minimum atomic E-state index is -0.107. The number of nitrogens with zero attached hydrogens (tertiary/aromatic N) is 1. The van der Waals surface area contributed by atoms with Crippen molar-refractivity contribution in [2.45, 2.75) is 26.3 Å². The summed E-state index contributed by atoms with van der Waals surface area (Å²) in [6.07, 6.45) is 4.09. The topological polar surface area (TPSA) is 68.0 Å². The molecule has 0 radical (unpaired) electrons. The van der Waals surface area contributed by atoms with Gasteiger partial charge in [0.25, 0.3) is 5.91 Å². The van der Waals surface area contributed by atoms with Crippen molar-refractivity contribution in [3.8, 4) is 0 Å². The number of amides is 1. The molecule has 1 rings (SSSR count). The highest BCUT2D eigenvalue weighted by Crippen LogP contribution is 2.05. The van der Waals surface area contributed by atoms with Gasteiger partial charge in [0, 0.05) is 25.0 Å². The fraction of sp³-hybridized carbons (Fsp3) is 0.500. The number of aromatic nitrogens is 1. The lowest BCUT2D eigenvalue weighted by atomic mass is 10.0.